The van der Waals surface area contributed by atoms with E-state index in [1.54, 1.807) is 11.3 Å². The summed E-state index contributed by atoms with van der Waals surface area (Å²) in [6.07, 6.45) is 1.23. The summed E-state index contributed by atoms with van der Waals surface area (Å²) in [5, 5.41) is 4.47. The van der Waals surface area contributed by atoms with Crippen molar-refractivity contribution in [3.8, 4) is 0 Å². The summed E-state index contributed by atoms with van der Waals surface area (Å²) in [5.74, 6) is 0. The molecule has 0 aliphatic carbocycles. The van der Waals surface area contributed by atoms with E-state index in [1.807, 2.05) is 7.05 Å². The van der Waals surface area contributed by atoms with Crippen molar-refractivity contribution in [1.82, 2.24) is 10.3 Å². The first kappa shape index (κ1) is 13.6. The average Bonchev–Trinajstić information content (AvgIpc) is 2.52. The van der Waals surface area contributed by atoms with Crippen LogP contribution in [0.25, 0.3) is 0 Å². The summed E-state index contributed by atoms with van der Waals surface area (Å²) in [7, 11) is 1.97. The first-order valence-electron chi connectivity index (χ1n) is 5.74. The van der Waals surface area contributed by atoms with Gasteiger partial charge in [-0.15, -0.1) is 11.3 Å². The van der Waals surface area contributed by atoms with Crippen molar-refractivity contribution >= 4 is 11.3 Å². The highest BCUT2D eigenvalue weighted by Gasteiger charge is 2.12. The van der Waals surface area contributed by atoms with E-state index in [1.165, 1.54) is 9.88 Å². The fraction of sp³-hybridized carbons (Fsp3) is 0.750. The average molecular weight is 242 g/mol. The molecule has 16 heavy (non-hydrogen) atoms. The van der Waals surface area contributed by atoms with Gasteiger partial charge in [-0.2, -0.15) is 0 Å². The Balaban J connectivity index is 2.49. The van der Waals surface area contributed by atoms with Crippen molar-refractivity contribution in [2.24, 2.45) is 0 Å². The first-order chi connectivity index (χ1) is 7.52. The predicted octanol–water partition coefficient (Wildman–Crippen LogP) is 2.32. The van der Waals surface area contributed by atoms with Crippen molar-refractivity contribution in [3.63, 3.8) is 0 Å². The lowest BCUT2D eigenvalue weighted by molar-refractivity contribution is 0.0627. The van der Waals surface area contributed by atoms with Gasteiger partial charge < -0.3 is 10.1 Å². The molecule has 0 spiro atoms. The Bertz CT molecular complexity index is 303. The quantitative estimate of drug-likeness (QED) is 0.831. The molecule has 92 valence electrons. The molecule has 0 bridgehead atoms. The molecule has 0 saturated heterocycles. The number of hydrogen-bond donors (Lipinski definition) is 1. The van der Waals surface area contributed by atoms with Crippen LogP contribution in [-0.4, -0.2) is 30.8 Å². The van der Waals surface area contributed by atoms with Gasteiger partial charge in [0.2, 0.25) is 0 Å². The Morgan fingerprint density at radius 3 is 2.50 bits per heavy atom. The molecular weight excluding hydrogens is 220 g/mol. The van der Waals surface area contributed by atoms with Gasteiger partial charge in [0.05, 0.1) is 23.4 Å². The lowest BCUT2D eigenvalue weighted by Crippen LogP contribution is -2.33. The summed E-state index contributed by atoms with van der Waals surface area (Å²) in [5.41, 5.74) is 1.15. The third kappa shape index (κ3) is 4.20. The molecule has 4 heteroatoms. The van der Waals surface area contributed by atoms with E-state index >= 15 is 0 Å². The summed E-state index contributed by atoms with van der Waals surface area (Å²) in [6, 6.07) is 0.354. The molecule has 0 amide bonds. The van der Waals surface area contributed by atoms with Crippen LogP contribution < -0.4 is 5.32 Å². The van der Waals surface area contributed by atoms with Crippen molar-refractivity contribution in [2.75, 3.05) is 13.7 Å². The third-order valence-electron chi connectivity index (χ3n) is 2.53. The highest BCUT2D eigenvalue weighted by molar-refractivity contribution is 7.11. The maximum Gasteiger partial charge on any atom is 0.0947 e. The second kappa shape index (κ2) is 6.33. The maximum absolute atomic E-state index is 5.62. The molecule has 1 heterocycles. The van der Waals surface area contributed by atoms with Gasteiger partial charge in [-0.05, 0) is 34.7 Å². The molecule has 1 aromatic rings. The number of aryl methyl sites for hydroxylation is 2. The fourth-order valence-corrected chi connectivity index (χ4v) is 2.40. The maximum atomic E-state index is 5.62. The zero-order chi connectivity index (χ0) is 12.1. The van der Waals surface area contributed by atoms with E-state index in [9.17, 15) is 0 Å². The van der Waals surface area contributed by atoms with Gasteiger partial charge in [-0.3, -0.25) is 0 Å². The summed E-state index contributed by atoms with van der Waals surface area (Å²) >= 11 is 1.79. The van der Waals surface area contributed by atoms with E-state index in [0.717, 1.165) is 18.7 Å². The van der Waals surface area contributed by atoms with Crippen molar-refractivity contribution in [3.05, 3.63) is 15.6 Å². The highest BCUT2D eigenvalue weighted by Crippen LogP contribution is 2.17. The SMILES string of the molecule is CNC(COC(C)C)Cc1nc(C)c(C)s1. The van der Waals surface area contributed by atoms with Gasteiger partial charge in [-0.25, -0.2) is 4.98 Å². The minimum Gasteiger partial charge on any atom is -0.377 e. The van der Waals surface area contributed by atoms with Gasteiger partial charge in [0.15, 0.2) is 0 Å². The molecular formula is C12H22N2OS. The fourth-order valence-electron chi connectivity index (χ4n) is 1.39. The minimum absolute atomic E-state index is 0.288. The topological polar surface area (TPSA) is 34.1 Å². The molecule has 0 aliphatic heterocycles. The second-order valence-electron chi connectivity index (χ2n) is 4.32. The van der Waals surface area contributed by atoms with Gasteiger partial charge >= 0.3 is 0 Å². The van der Waals surface area contributed by atoms with Crippen molar-refractivity contribution in [2.45, 2.75) is 46.3 Å². The van der Waals surface area contributed by atoms with Crippen LogP contribution in [0.4, 0.5) is 0 Å². The van der Waals surface area contributed by atoms with E-state index in [-0.39, 0.29) is 6.10 Å². The van der Waals surface area contributed by atoms with Crippen LogP contribution in [0.5, 0.6) is 0 Å². The monoisotopic (exact) mass is 242 g/mol. The number of hydrogen-bond acceptors (Lipinski definition) is 4. The largest absolute Gasteiger partial charge is 0.377 e. The number of thiazole rings is 1. The Hall–Kier alpha value is -0.450. The summed E-state index contributed by atoms with van der Waals surface area (Å²) in [6.45, 7) is 9.05. The molecule has 3 nitrogen and oxygen atoms in total. The van der Waals surface area contributed by atoms with Gasteiger partial charge in [0.25, 0.3) is 0 Å². The van der Waals surface area contributed by atoms with Crippen molar-refractivity contribution < 1.29 is 4.74 Å². The molecule has 0 aromatic carbocycles. The van der Waals surface area contributed by atoms with Gasteiger partial charge in [0.1, 0.15) is 0 Å². The number of aromatic nitrogens is 1. The molecule has 0 aliphatic rings. The van der Waals surface area contributed by atoms with Crippen molar-refractivity contribution in [1.29, 1.82) is 0 Å². The first-order valence-corrected chi connectivity index (χ1v) is 6.56. The smallest absolute Gasteiger partial charge is 0.0947 e. The van der Waals surface area contributed by atoms with Crippen LogP contribution in [0, 0.1) is 13.8 Å². The van der Waals surface area contributed by atoms with Crippen LogP contribution >= 0.6 is 11.3 Å². The summed E-state index contributed by atoms with van der Waals surface area (Å²) < 4.78 is 5.62. The zero-order valence-corrected chi connectivity index (χ0v) is 11.6. The highest BCUT2D eigenvalue weighted by atomic mass is 32.1. The Labute approximate surface area is 102 Å². The minimum atomic E-state index is 0.288. The Morgan fingerprint density at radius 2 is 2.06 bits per heavy atom. The number of ether oxygens (including phenoxy) is 1. The molecule has 0 saturated carbocycles. The third-order valence-corrected chi connectivity index (χ3v) is 3.63. The molecule has 0 radical (unpaired) electrons. The standard InChI is InChI=1S/C12H22N2OS/c1-8(2)15-7-11(13-5)6-12-14-9(3)10(4)16-12/h8,11,13H,6-7H2,1-5H3. The molecule has 1 unspecified atom stereocenters. The van der Waals surface area contributed by atoms with E-state index in [4.69, 9.17) is 4.74 Å². The Morgan fingerprint density at radius 1 is 1.38 bits per heavy atom. The van der Waals surface area contributed by atoms with Crippen LogP contribution in [-0.2, 0) is 11.2 Å². The van der Waals surface area contributed by atoms with Gasteiger partial charge in [-0.1, -0.05) is 0 Å². The predicted molar refractivity (Wildman–Crippen MR) is 69.2 cm³/mol. The van der Waals surface area contributed by atoms with Crippen LogP contribution in [0.2, 0.25) is 0 Å². The second-order valence-corrected chi connectivity index (χ2v) is 5.61. The number of rotatable bonds is 6. The van der Waals surface area contributed by atoms with Crippen LogP contribution in [0.15, 0.2) is 0 Å². The number of likely N-dealkylation sites (N-methyl/N-ethyl adjacent to an activating group) is 1. The van der Waals surface area contributed by atoms with Crippen LogP contribution in [0.3, 0.4) is 0 Å². The lowest BCUT2D eigenvalue weighted by atomic mass is 10.2. The van der Waals surface area contributed by atoms with Gasteiger partial charge in [0, 0.05) is 17.3 Å². The number of nitrogens with one attached hydrogen (secondary N) is 1. The molecule has 1 atom stereocenters. The number of nitrogens with zero attached hydrogens (tertiary/aromatic N) is 1. The molecule has 1 rings (SSSR count). The van der Waals surface area contributed by atoms with Crippen LogP contribution in [0.1, 0.15) is 29.4 Å². The molecule has 1 N–H and O–H groups in total. The Kier molecular flexibility index (Phi) is 5.38. The molecule has 1 aromatic heterocycles. The summed E-state index contributed by atoms with van der Waals surface area (Å²) in [4.78, 5) is 5.86. The molecule has 0 fully saturated rings. The zero-order valence-electron chi connectivity index (χ0n) is 10.8. The van der Waals surface area contributed by atoms with E-state index in [2.05, 4.69) is 38.0 Å². The van der Waals surface area contributed by atoms with E-state index in [0.29, 0.717) is 6.04 Å². The lowest BCUT2D eigenvalue weighted by Gasteiger charge is -2.16. The van der Waals surface area contributed by atoms with E-state index < -0.39 is 0 Å². The normalized spacial score (nSPS) is 13.4.